The van der Waals surface area contributed by atoms with Crippen LogP contribution in [0.3, 0.4) is 0 Å². The molecule has 2 aliphatic rings. The first-order valence-electron chi connectivity index (χ1n) is 8.38. The van der Waals surface area contributed by atoms with Crippen molar-refractivity contribution >= 4 is 11.8 Å². The van der Waals surface area contributed by atoms with Gasteiger partial charge in [-0.05, 0) is 55.6 Å². The Morgan fingerprint density at radius 2 is 1.68 bits per heavy atom. The van der Waals surface area contributed by atoms with Gasteiger partial charge in [-0.2, -0.15) is 11.8 Å². The summed E-state index contributed by atoms with van der Waals surface area (Å²) in [5.41, 5.74) is 0.513. The third-order valence-corrected chi connectivity index (χ3v) is 6.56. The van der Waals surface area contributed by atoms with Gasteiger partial charge < -0.3 is 5.32 Å². The Morgan fingerprint density at radius 1 is 1.00 bits per heavy atom. The predicted octanol–water partition coefficient (Wildman–Crippen LogP) is 4.86. The Bertz CT molecular complexity index is 263. The van der Waals surface area contributed by atoms with E-state index in [1.165, 1.54) is 50.7 Å². The highest BCUT2D eigenvalue weighted by molar-refractivity contribution is 7.99. The highest BCUT2D eigenvalue weighted by Crippen LogP contribution is 2.38. The van der Waals surface area contributed by atoms with Crippen LogP contribution in [0.5, 0.6) is 0 Å². The van der Waals surface area contributed by atoms with E-state index in [0.29, 0.717) is 5.41 Å². The zero-order valence-corrected chi connectivity index (χ0v) is 14.2. The molecule has 0 bridgehead atoms. The molecule has 0 radical (unpaired) electrons. The molecule has 2 unspecified atom stereocenters. The molecule has 2 saturated carbocycles. The molecule has 0 aromatic carbocycles. The summed E-state index contributed by atoms with van der Waals surface area (Å²) in [5.74, 6) is 2.22. The lowest BCUT2D eigenvalue weighted by Crippen LogP contribution is -2.44. The maximum absolute atomic E-state index is 4.00. The van der Waals surface area contributed by atoms with Crippen LogP contribution >= 0.6 is 11.8 Å². The van der Waals surface area contributed by atoms with Crippen LogP contribution in [-0.2, 0) is 0 Å². The Morgan fingerprint density at radius 3 is 2.26 bits per heavy atom. The molecule has 0 heterocycles. The van der Waals surface area contributed by atoms with Crippen LogP contribution in [-0.4, -0.2) is 23.1 Å². The van der Waals surface area contributed by atoms with Gasteiger partial charge in [0.15, 0.2) is 0 Å². The number of rotatable bonds is 4. The molecule has 2 atom stereocenters. The number of hydrogen-bond donors (Lipinski definition) is 1. The third-order valence-electron chi connectivity index (χ3n) is 5.24. The summed E-state index contributed by atoms with van der Waals surface area (Å²) in [7, 11) is 0. The molecule has 0 aromatic heterocycles. The van der Waals surface area contributed by atoms with Crippen LogP contribution in [0.25, 0.3) is 0 Å². The van der Waals surface area contributed by atoms with Gasteiger partial charge in [0.25, 0.3) is 0 Å². The van der Waals surface area contributed by atoms with Gasteiger partial charge in [-0.15, -0.1) is 0 Å². The summed E-state index contributed by atoms with van der Waals surface area (Å²) in [6, 6.07) is 1.61. The normalized spacial score (nSPS) is 36.6. The molecule has 2 rings (SSSR count). The second kappa shape index (κ2) is 6.85. The van der Waals surface area contributed by atoms with Gasteiger partial charge in [-0.3, -0.25) is 0 Å². The van der Waals surface area contributed by atoms with E-state index in [9.17, 15) is 0 Å². The Hall–Kier alpha value is 0.310. The van der Waals surface area contributed by atoms with Gasteiger partial charge >= 0.3 is 0 Å². The molecular weight excluding hydrogens is 250 g/mol. The highest BCUT2D eigenvalue weighted by atomic mass is 32.2. The summed E-state index contributed by atoms with van der Waals surface area (Å²) >= 11 is 2.18. The van der Waals surface area contributed by atoms with Crippen LogP contribution in [0.15, 0.2) is 0 Å². The zero-order chi connectivity index (χ0) is 13.9. The van der Waals surface area contributed by atoms with E-state index in [2.05, 4.69) is 44.8 Å². The molecular formula is C17H33NS. The largest absolute Gasteiger partial charge is 0.310 e. The summed E-state index contributed by atoms with van der Waals surface area (Å²) in [5, 5.41) is 4.90. The first kappa shape index (κ1) is 15.7. The Kier molecular flexibility index (Phi) is 5.65. The van der Waals surface area contributed by atoms with Crippen molar-refractivity contribution in [2.24, 2.45) is 11.3 Å². The monoisotopic (exact) mass is 283 g/mol. The van der Waals surface area contributed by atoms with Gasteiger partial charge in [0, 0.05) is 17.3 Å². The SMILES string of the molecule is CCSC1CCCC1NC1CCC(C(C)(C)C)CC1. The van der Waals surface area contributed by atoms with Crippen molar-refractivity contribution < 1.29 is 0 Å². The van der Waals surface area contributed by atoms with E-state index >= 15 is 0 Å². The summed E-state index contributed by atoms with van der Waals surface area (Å²) < 4.78 is 0. The molecule has 19 heavy (non-hydrogen) atoms. The van der Waals surface area contributed by atoms with E-state index in [0.717, 1.165) is 23.3 Å². The van der Waals surface area contributed by atoms with Crippen LogP contribution in [0.2, 0.25) is 0 Å². The minimum absolute atomic E-state index is 0.513. The molecule has 112 valence electrons. The average molecular weight is 284 g/mol. The lowest BCUT2D eigenvalue weighted by molar-refractivity contribution is 0.156. The molecule has 0 amide bonds. The molecule has 1 nitrogen and oxygen atoms in total. The molecule has 2 fully saturated rings. The summed E-state index contributed by atoms with van der Waals surface area (Å²) in [6.45, 7) is 9.54. The first-order chi connectivity index (χ1) is 9.00. The fourth-order valence-electron chi connectivity index (χ4n) is 3.96. The molecule has 0 aromatic rings. The van der Waals surface area contributed by atoms with E-state index in [4.69, 9.17) is 0 Å². The van der Waals surface area contributed by atoms with Crippen molar-refractivity contribution in [3.05, 3.63) is 0 Å². The van der Waals surface area contributed by atoms with Crippen molar-refractivity contribution in [1.29, 1.82) is 0 Å². The van der Waals surface area contributed by atoms with Gasteiger partial charge in [-0.1, -0.05) is 34.1 Å². The fourth-order valence-corrected chi connectivity index (χ4v) is 5.17. The molecule has 0 saturated heterocycles. The summed E-state index contributed by atoms with van der Waals surface area (Å²) in [4.78, 5) is 0. The van der Waals surface area contributed by atoms with E-state index in [1.807, 2.05) is 0 Å². The second-order valence-electron chi connectivity index (χ2n) is 7.61. The zero-order valence-electron chi connectivity index (χ0n) is 13.4. The Labute approximate surface area is 124 Å². The summed E-state index contributed by atoms with van der Waals surface area (Å²) in [6.07, 6.45) is 9.96. The van der Waals surface area contributed by atoms with Crippen molar-refractivity contribution in [1.82, 2.24) is 5.32 Å². The molecule has 1 N–H and O–H groups in total. The second-order valence-corrected chi connectivity index (χ2v) is 9.13. The van der Waals surface area contributed by atoms with Gasteiger partial charge in [-0.25, -0.2) is 0 Å². The molecule has 0 spiro atoms. The molecule has 2 aliphatic carbocycles. The van der Waals surface area contributed by atoms with Gasteiger partial charge in [0.2, 0.25) is 0 Å². The van der Waals surface area contributed by atoms with Crippen molar-refractivity contribution in [2.75, 3.05) is 5.75 Å². The van der Waals surface area contributed by atoms with Crippen molar-refractivity contribution in [2.45, 2.75) is 90.0 Å². The van der Waals surface area contributed by atoms with Crippen molar-refractivity contribution in [3.8, 4) is 0 Å². The van der Waals surface area contributed by atoms with E-state index < -0.39 is 0 Å². The first-order valence-corrected chi connectivity index (χ1v) is 9.43. The van der Waals surface area contributed by atoms with Gasteiger partial charge in [0.1, 0.15) is 0 Å². The van der Waals surface area contributed by atoms with Crippen LogP contribution in [0.1, 0.15) is 72.6 Å². The van der Waals surface area contributed by atoms with Crippen LogP contribution < -0.4 is 5.32 Å². The van der Waals surface area contributed by atoms with Gasteiger partial charge in [0.05, 0.1) is 0 Å². The van der Waals surface area contributed by atoms with Crippen LogP contribution in [0.4, 0.5) is 0 Å². The topological polar surface area (TPSA) is 12.0 Å². The fraction of sp³-hybridized carbons (Fsp3) is 1.00. The molecule has 2 heteroatoms. The smallest absolute Gasteiger partial charge is 0.0201 e. The number of nitrogens with one attached hydrogen (secondary N) is 1. The van der Waals surface area contributed by atoms with Crippen LogP contribution in [0, 0.1) is 11.3 Å². The average Bonchev–Trinajstić information content (AvgIpc) is 2.77. The lowest BCUT2D eigenvalue weighted by Gasteiger charge is -2.38. The quantitative estimate of drug-likeness (QED) is 0.791. The number of thioether (sulfide) groups is 1. The molecule has 0 aliphatic heterocycles. The van der Waals surface area contributed by atoms with E-state index in [1.54, 1.807) is 0 Å². The standard InChI is InChI=1S/C17H33NS/c1-5-19-16-8-6-7-15(16)18-14-11-9-13(10-12-14)17(2,3)4/h13-16,18H,5-12H2,1-4H3. The van der Waals surface area contributed by atoms with Crippen molar-refractivity contribution in [3.63, 3.8) is 0 Å². The minimum Gasteiger partial charge on any atom is -0.310 e. The maximum atomic E-state index is 4.00. The van der Waals surface area contributed by atoms with E-state index in [-0.39, 0.29) is 0 Å². The highest BCUT2D eigenvalue weighted by Gasteiger charge is 2.33. The number of hydrogen-bond acceptors (Lipinski definition) is 2. The third kappa shape index (κ3) is 4.39. The predicted molar refractivity (Wildman–Crippen MR) is 87.9 cm³/mol. The lowest BCUT2D eigenvalue weighted by atomic mass is 9.71. The minimum atomic E-state index is 0.513. The Balaban J connectivity index is 1.76. The maximum Gasteiger partial charge on any atom is 0.0201 e.